The first kappa shape index (κ1) is 25.0. The van der Waals surface area contributed by atoms with E-state index in [-0.39, 0.29) is 6.42 Å². The summed E-state index contributed by atoms with van der Waals surface area (Å²) in [6, 6.07) is 13.4. The largest absolute Gasteiger partial charge is 0.497 e. The molecule has 2 rings (SSSR count). The third-order valence-corrected chi connectivity index (χ3v) is 5.79. The number of hydrogen-bond acceptors (Lipinski definition) is 3. The van der Waals surface area contributed by atoms with Crippen molar-refractivity contribution in [1.29, 1.82) is 0 Å². The molecule has 0 saturated heterocycles. The van der Waals surface area contributed by atoms with Crippen LogP contribution in [0.15, 0.2) is 53.0 Å². The van der Waals surface area contributed by atoms with Crippen molar-refractivity contribution in [2.24, 2.45) is 0 Å². The van der Waals surface area contributed by atoms with Gasteiger partial charge in [0.15, 0.2) is 0 Å². The van der Waals surface area contributed by atoms with E-state index in [4.69, 9.17) is 4.74 Å². The quantitative estimate of drug-likeness (QED) is 0.366. The fourth-order valence-electron chi connectivity index (χ4n) is 3.33. The van der Waals surface area contributed by atoms with Crippen LogP contribution in [0.4, 0.5) is 18.9 Å². The van der Waals surface area contributed by atoms with Gasteiger partial charge >= 0.3 is 12.1 Å². The normalized spacial score (nSPS) is 13.4. The maximum atomic E-state index is 13.1. The number of hydrogen-bond donors (Lipinski definition) is 2. The Morgan fingerprint density at radius 2 is 1.74 bits per heavy atom. The van der Waals surface area contributed by atoms with E-state index in [1.165, 1.54) is 0 Å². The lowest BCUT2D eigenvalue weighted by atomic mass is 9.94. The molecule has 0 heterocycles. The molecule has 2 aromatic carbocycles. The molecule has 0 aromatic heterocycles. The summed E-state index contributed by atoms with van der Waals surface area (Å²) in [7, 11) is 1.57. The van der Waals surface area contributed by atoms with Crippen molar-refractivity contribution < 1.29 is 22.7 Å². The SMILES string of the molecule is CCCCC[C@@H](Nc1ccc(OC)cc1)[C@H](Cc1ccccc1Br)NC(=O)C(F)(F)F. The third kappa shape index (κ3) is 8.09. The van der Waals surface area contributed by atoms with Crippen LogP contribution in [0.25, 0.3) is 0 Å². The molecule has 0 aliphatic carbocycles. The lowest BCUT2D eigenvalue weighted by Gasteiger charge is -2.31. The molecule has 0 aliphatic heterocycles. The number of methoxy groups -OCH3 is 1. The fourth-order valence-corrected chi connectivity index (χ4v) is 3.78. The molecule has 1 amide bonds. The summed E-state index contributed by atoms with van der Waals surface area (Å²) in [6.07, 6.45) is -1.30. The number of unbranched alkanes of at least 4 members (excludes halogenated alkanes) is 2. The van der Waals surface area contributed by atoms with Gasteiger partial charge in [-0.05, 0) is 48.7 Å². The minimum Gasteiger partial charge on any atom is -0.497 e. The van der Waals surface area contributed by atoms with E-state index in [2.05, 4.69) is 33.5 Å². The van der Waals surface area contributed by atoms with Crippen molar-refractivity contribution in [3.63, 3.8) is 0 Å². The monoisotopic (exact) mass is 500 g/mol. The summed E-state index contributed by atoms with van der Waals surface area (Å²) in [5.41, 5.74) is 1.58. The van der Waals surface area contributed by atoms with Crippen LogP contribution in [0.1, 0.15) is 38.2 Å². The van der Waals surface area contributed by atoms with Crippen molar-refractivity contribution in [3.8, 4) is 5.75 Å². The van der Waals surface area contributed by atoms with Crippen LogP contribution in [0.3, 0.4) is 0 Å². The van der Waals surface area contributed by atoms with Gasteiger partial charge in [0.1, 0.15) is 5.75 Å². The maximum absolute atomic E-state index is 13.1. The van der Waals surface area contributed by atoms with Crippen molar-refractivity contribution in [1.82, 2.24) is 5.32 Å². The van der Waals surface area contributed by atoms with Crippen molar-refractivity contribution in [2.75, 3.05) is 12.4 Å². The number of benzene rings is 2. The fraction of sp³-hybridized carbons (Fsp3) is 0.435. The Morgan fingerprint density at radius 3 is 2.32 bits per heavy atom. The zero-order valence-electron chi connectivity index (χ0n) is 17.6. The van der Waals surface area contributed by atoms with Crippen LogP contribution in [0.2, 0.25) is 0 Å². The molecule has 2 aromatic rings. The number of amides is 1. The molecule has 0 saturated carbocycles. The highest BCUT2D eigenvalue weighted by Crippen LogP contribution is 2.24. The van der Waals surface area contributed by atoms with Crippen LogP contribution >= 0.6 is 15.9 Å². The number of ether oxygens (including phenoxy) is 1. The number of halogens is 4. The third-order valence-electron chi connectivity index (χ3n) is 5.02. The molecular formula is C23H28BrF3N2O2. The van der Waals surface area contributed by atoms with E-state index in [0.717, 1.165) is 35.0 Å². The van der Waals surface area contributed by atoms with Gasteiger partial charge in [-0.2, -0.15) is 13.2 Å². The smallest absolute Gasteiger partial charge is 0.471 e. The van der Waals surface area contributed by atoms with E-state index < -0.39 is 24.2 Å². The molecular weight excluding hydrogens is 473 g/mol. The minimum atomic E-state index is -4.94. The van der Waals surface area contributed by atoms with Gasteiger partial charge in [-0.25, -0.2) is 0 Å². The van der Waals surface area contributed by atoms with E-state index in [1.807, 2.05) is 36.4 Å². The predicted molar refractivity (Wildman–Crippen MR) is 120 cm³/mol. The summed E-state index contributed by atoms with van der Waals surface area (Å²) >= 11 is 3.46. The summed E-state index contributed by atoms with van der Waals surface area (Å²) in [5.74, 6) is -1.25. The van der Waals surface area contributed by atoms with E-state index in [9.17, 15) is 18.0 Å². The average Bonchev–Trinajstić information content (AvgIpc) is 2.74. The maximum Gasteiger partial charge on any atom is 0.471 e. The second-order valence-electron chi connectivity index (χ2n) is 7.35. The molecule has 0 unspecified atom stereocenters. The molecule has 0 aliphatic rings. The van der Waals surface area contributed by atoms with E-state index >= 15 is 0 Å². The molecule has 0 radical (unpaired) electrons. The number of carbonyl (C=O) groups is 1. The van der Waals surface area contributed by atoms with Gasteiger partial charge in [-0.15, -0.1) is 0 Å². The van der Waals surface area contributed by atoms with E-state index in [0.29, 0.717) is 12.2 Å². The Morgan fingerprint density at radius 1 is 1.06 bits per heavy atom. The molecule has 0 spiro atoms. The van der Waals surface area contributed by atoms with Gasteiger partial charge < -0.3 is 15.4 Å². The average molecular weight is 501 g/mol. The summed E-state index contributed by atoms with van der Waals surface area (Å²) in [5, 5.41) is 5.56. The standard InChI is InChI=1S/C23H28BrF3N2O2/c1-3-4-5-10-20(28-17-11-13-18(31-2)14-12-17)21(29-22(30)23(25,26)27)15-16-8-6-7-9-19(16)24/h6-9,11-14,20-21,28H,3-5,10,15H2,1-2H3,(H,29,30)/t20-,21+/m1/s1. The van der Waals surface area contributed by atoms with Gasteiger partial charge in [-0.1, -0.05) is 60.3 Å². The topological polar surface area (TPSA) is 50.4 Å². The Bertz CT molecular complexity index is 828. The van der Waals surface area contributed by atoms with Gasteiger partial charge in [0, 0.05) is 16.2 Å². The minimum absolute atomic E-state index is 0.253. The van der Waals surface area contributed by atoms with Crippen LogP contribution in [0.5, 0.6) is 5.75 Å². The molecule has 2 N–H and O–H groups in total. The highest BCUT2D eigenvalue weighted by molar-refractivity contribution is 9.10. The number of rotatable bonds is 11. The van der Waals surface area contributed by atoms with Crippen LogP contribution in [-0.2, 0) is 11.2 Å². The van der Waals surface area contributed by atoms with Gasteiger partial charge in [-0.3, -0.25) is 4.79 Å². The number of carbonyl (C=O) groups excluding carboxylic acids is 1. The Kier molecular flexibility index (Phi) is 9.68. The highest BCUT2D eigenvalue weighted by atomic mass is 79.9. The summed E-state index contributed by atoms with van der Waals surface area (Å²) in [6.45, 7) is 2.07. The van der Waals surface area contributed by atoms with Crippen LogP contribution in [0, 0.1) is 0 Å². The molecule has 8 heteroatoms. The van der Waals surface area contributed by atoms with Crippen LogP contribution < -0.4 is 15.4 Å². The van der Waals surface area contributed by atoms with Gasteiger partial charge in [0.25, 0.3) is 0 Å². The first-order valence-electron chi connectivity index (χ1n) is 10.3. The number of alkyl halides is 3. The van der Waals surface area contributed by atoms with Gasteiger partial charge in [0.2, 0.25) is 0 Å². The first-order chi connectivity index (χ1) is 14.7. The van der Waals surface area contributed by atoms with Crippen molar-refractivity contribution in [3.05, 3.63) is 58.6 Å². The lowest BCUT2D eigenvalue weighted by Crippen LogP contribution is -2.52. The van der Waals surface area contributed by atoms with Gasteiger partial charge in [0.05, 0.1) is 13.2 Å². The number of anilines is 1. The molecule has 31 heavy (non-hydrogen) atoms. The zero-order chi connectivity index (χ0) is 22.9. The lowest BCUT2D eigenvalue weighted by molar-refractivity contribution is -0.174. The summed E-state index contributed by atoms with van der Waals surface area (Å²) < 4.78 is 45.1. The molecule has 0 fully saturated rings. The summed E-state index contributed by atoms with van der Waals surface area (Å²) in [4.78, 5) is 11.8. The molecule has 0 bridgehead atoms. The van der Waals surface area contributed by atoms with Crippen molar-refractivity contribution in [2.45, 2.75) is 57.3 Å². The second-order valence-corrected chi connectivity index (χ2v) is 8.20. The zero-order valence-corrected chi connectivity index (χ0v) is 19.2. The first-order valence-corrected chi connectivity index (χ1v) is 11.1. The van der Waals surface area contributed by atoms with Crippen molar-refractivity contribution >= 4 is 27.5 Å². The Labute approximate surface area is 189 Å². The molecule has 4 nitrogen and oxygen atoms in total. The molecule has 2 atom stereocenters. The molecule has 170 valence electrons. The highest BCUT2D eigenvalue weighted by Gasteiger charge is 2.41. The predicted octanol–water partition coefficient (Wildman–Crippen LogP) is 6.11. The van der Waals surface area contributed by atoms with Crippen LogP contribution in [-0.4, -0.2) is 31.3 Å². The Balaban J connectivity index is 2.31. The second kappa shape index (κ2) is 12.0. The Hall–Kier alpha value is -2.22. The number of nitrogens with one attached hydrogen (secondary N) is 2. The van der Waals surface area contributed by atoms with E-state index in [1.54, 1.807) is 19.2 Å².